The van der Waals surface area contributed by atoms with E-state index >= 15 is 0 Å². The van der Waals surface area contributed by atoms with Crippen molar-refractivity contribution in [3.8, 4) is 17.1 Å². The number of esters is 1. The summed E-state index contributed by atoms with van der Waals surface area (Å²) in [5.41, 5.74) is 1.13. The fraction of sp³-hybridized carbons (Fsp3) is 0.190. The molecule has 0 saturated heterocycles. The summed E-state index contributed by atoms with van der Waals surface area (Å²) in [6, 6.07) is 15.7. The molecule has 6 heteroatoms. The Balaban J connectivity index is 1.61. The zero-order chi connectivity index (χ0) is 19.2. The molecule has 2 aromatic carbocycles. The summed E-state index contributed by atoms with van der Waals surface area (Å²) in [5.74, 6) is 1.36. The molecule has 140 valence electrons. The molecule has 0 aliphatic carbocycles. The van der Waals surface area contributed by atoms with Gasteiger partial charge in [0.15, 0.2) is 0 Å². The van der Waals surface area contributed by atoms with E-state index in [9.17, 15) is 4.79 Å². The molecule has 0 N–H and O–H groups in total. The highest BCUT2D eigenvalue weighted by atomic mass is 35.5. The lowest BCUT2D eigenvalue weighted by molar-refractivity contribution is 0.0446. The van der Waals surface area contributed by atoms with Crippen molar-refractivity contribution >= 4 is 29.2 Å². The Labute approximate surface area is 167 Å². The Morgan fingerprint density at radius 3 is 2.56 bits per heavy atom. The topological polar surface area (TPSA) is 48.7 Å². The van der Waals surface area contributed by atoms with Crippen LogP contribution in [0.3, 0.4) is 0 Å². The van der Waals surface area contributed by atoms with E-state index in [1.807, 2.05) is 13.0 Å². The van der Waals surface area contributed by atoms with E-state index in [0.717, 1.165) is 12.2 Å². The van der Waals surface area contributed by atoms with Crippen LogP contribution in [0.5, 0.6) is 5.75 Å². The molecule has 0 atom stereocenters. The monoisotopic (exact) mass is 404 g/mol. The lowest BCUT2D eigenvalue weighted by Crippen LogP contribution is -2.05. The number of carbonyl (C=O) groups is 1. The van der Waals surface area contributed by atoms with Crippen molar-refractivity contribution in [1.82, 2.24) is 0 Å². The van der Waals surface area contributed by atoms with Gasteiger partial charge >= 0.3 is 5.97 Å². The standard InChI is InChI=1S/C21H18Cl2O4/c1-2-12-25-15-8-6-14(7-9-15)21(24)26-13-16-10-11-19(27-16)17-4-3-5-18(22)20(17)23/h3-11H,2,12-13H2,1H3. The third-order valence-corrected chi connectivity index (χ3v) is 4.61. The van der Waals surface area contributed by atoms with Crippen molar-refractivity contribution in [1.29, 1.82) is 0 Å². The Morgan fingerprint density at radius 2 is 1.81 bits per heavy atom. The van der Waals surface area contributed by atoms with Gasteiger partial charge in [-0.3, -0.25) is 0 Å². The summed E-state index contributed by atoms with van der Waals surface area (Å²) in [6.45, 7) is 2.69. The van der Waals surface area contributed by atoms with Gasteiger partial charge in [0.2, 0.25) is 0 Å². The molecule has 4 nitrogen and oxygen atoms in total. The van der Waals surface area contributed by atoms with Crippen molar-refractivity contribution in [3.63, 3.8) is 0 Å². The molecule has 0 radical (unpaired) electrons. The molecule has 3 rings (SSSR count). The Bertz CT molecular complexity index is 916. The average molecular weight is 405 g/mol. The molecule has 27 heavy (non-hydrogen) atoms. The molecule has 1 heterocycles. The number of rotatable bonds is 7. The molecule has 1 aromatic heterocycles. The Kier molecular flexibility index (Phi) is 6.43. The maximum Gasteiger partial charge on any atom is 0.338 e. The number of benzene rings is 2. The zero-order valence-electron chi connectivity index (χ0n) is 14.7. The first kappa shape index (κ1) is 19.3. The second kappa shape index (κ2) is 8.98. The number of halogens is 2. The minimum absolute atomic E-state index is 0.0190. The molecule has 0 saturated carbocycles. The minimum atomic E-state index is -0.434. The highest BCUT2D eigenvalue weighted by Crippen LogP contribution is 2.34. The van der Waals surface area contributed by atoms with E-state index in [1.54, 1.807) is 48.5 Å². The van der Waals surface area contributed by atoms with Gasteiger partial charge in [-0.15, -0.1) is 0 Å². The van der Waals surface area contributed by atoms with Crippen LogP contribution in [0.15, 0.2) is 59.0 Å². The van der Waals surface area contributed by atoms with Crippen LogP contribution in [-0.4, -0.2) is 12.6 Å². The van der Waals surface area contributed by atoms with Gasteiger partial charge in [-0.2, -0.15) is 0 Å². The maximum atomic E-state index is 12.2. The normalized spacial score (nSPS) is 10.6. The van der Waals surface area contributed by atoms with Crippen molar-refractivity contribution in [3.05, 3.63) is 76.0 Å². The van der Waals surface area contributed by atoms with Gasteiger partial charge in [-0.1, -0.05) is 36.2 Å². The molecule has 0 aliphatic rings. The molecule has 0 bridgehead atoms. The summed E-state index contributed by atoms with van der Waals surface area (Å²) in [7, 11) is 0. The molecule has 3 aromatic rings. The number of hydrogen-bond acceptors (Lipinski definition) is 4. The summed E-state index contributed by atoms with van der Waals surface area (Å²) >= 11 is 12.2. The van der Waals surface area contributed by atoms with E-state index in [0.29, 0.717) is 39.3 Å². The van der Waals surface area contributed by atoms with Crippen LogP contribution in [0.25, 0.3) is 11.3 Å². The third kappa shape index (κ3) is 4.85. The lowest BCUT2D eigenvalue weighted by Gasteiger charge is -2.06. The third-order valence-electron chi connectivity index (χ3n) is 3.79. The summed E-state index contributed by atoms with van der Waals surface area (Å²) in [4.78, 5) is 12.2. The van der Waals surface area contributed by atoms with E-state index in [-0.39, 0.29) is 6.61 Å². The lowest BCUT2D eigenvalue weighted by atomic mass is 10.2. The number of ether oxygens (including phenoxy) is 2. The fourth-order valence-electron chi connectivity index (χ4n) is 2.42. The average Bonchev–Trinajstić information content (AvgIpc) is 3.16. The van der Waals surface area contributed by atoms with Gasteiger partial charge in [-0.25, -0.2) is 4.79 Å². The van der Waals surface area contributed by atoms with Gasteiger partial charge in [-0.05, 0) is 55.0 Å². The number of hydrogen-bond donors (Lipinski definition) is 0. The highest BCUT2D eigenvalue weighted by Gasteiger charge is 2.13. The smallest absolute Gasteiger partial charge is 0.338 e. The van der Waals surface area contributed by atoms with Crippen molar-refractivity contribution in [2.24, 2.45) is 0 Å². The van der Waals surface area contributed by atoms with E-state index in [4.69, 9.17) is 37.1 Å². The van der Waals surface area contributed by atoms with Crippen LogP contribution in [0.1, 0.15) is 29.5 Å². The quantitative estimate of drug-likeness (QED) is 0.427. The van der Waals surface area contributed by atoms with Crippen LogP contribution in [0.2, 0.25) is 10.0 Å². The number of furan rings is 1. The minimum Gasteiger partial charge on any atom is -0.494 e. The summed E-state index contributed by atoms with van der Waals surface area (Å²) < 4.78 is 16.5. The Hall–Kier alpha value is -2.43. The van der Waals surface area contributed by atoms with Gasteiger partial charge in [0.05, 0.1) is 22.2 Å². The van der Waals surface area contributed by atoms with Crippen LogP contribution in [0.4, 0.5) is 0 Å². The fourth-order valence-corrected chi connectivity index (χ4v) is 2.82. The summed E-state index contributed by atoms with van der Waals surface area (Å²) in [5, 5.41) is 0.868. The molecular formula is C21H18Cl2O4. The van der Waals surface area contributed by atoms with Crippen molar-refractivity contribution < 1.29 is 18.7 Å². The Morgan fingerprint density at radius 1 is 1.04 bits per heavy atom. The first-order valence-electron chi connectivity index (χ1n) is 8.51. The van der Waals surface area contributed by atoms with Crippen molar-refractivity contribution in [2.75, 3.05) is 6.61 Å². The number of carbonyl (C=O) groups excluding carboxylic acids is 1. The predicted octanol–water partition coefficient (Wildman–Crippen LogP) is 6.40. The molecule has 0 fully saturated rings. The van der Waals surface area contributed by atoms with E-state index in [2.05, 4.69) is 0 Å². The molecule has 0 amide bonds. The SMILES string of the molecule is CCCOc1ccc(C(=O)OCc2ccc(-c3cccc(Cl)c3Cl)o2)cc1. The van der Waals surface area contributed by atoms with Crippen LogP contribution in [-0.2, 0) is 11.3 Å². The van der Waals surface area contributed by atoms with Gasteiger partial charge in [0, 0.05) is 5.56 Å². The second-order valence-electron chi connectivity index (χ2n) is 5.82. The second-order valence-corrected chi connectivity index (χ2v) is 6.60. The molecular weight excluding hydrogens is 387 g/mol. The maximum absolute atomic E-state index is 12.2. The van der Waals surface area contributed by atoms with Gasteiger partial charge in [0.1, 0.15) is 23.9 Å². The van der Waals surface area contributed by atoms with E-state index < -0.39 is 5.97 Å². The summed E-state index contributed by atoms with van der Waals surface area (Å²) in [6.07, 6.45) is 0.926. The van der Waals surface area contributed by atoms with Gasteiger partial charge in [0.25, 0.3) is 0 Å². The molecule has 0 spiro atoms. The van der Waals surface area contributed by atoms with Crippen LogP contribution >= 0.6 is 23.2 Å². The first-order valence-corrected chi connectivity index (χ1v) is 9.27. The van der Waals surface area contributed by atoms with E-state index in [1.165, 1.54) is 0 Å². The highest BCUT2D eigenvalue weighted by molar-refractivity contribution is 6.43. The van der Waals surface area contributed by atoms with Crippen molar-refractivity contribution in [2.45, 2.75) is 20.0 Å². The zero-order valence-corrected chi connectivity index (χ0v) is 16.2. The first-order chi connectivity index (χ1) is 13.1. The van der Waals surface area contributed by atoms with Gasteiger partial charge < -0.3 is 13.9 Å². The predicted molar refractivity (Wildman–Crippen MR) is 106 cm³/mol. The largest absolute Gasteiger partial charge is 0.494 e. The molecule has 0 aliphatic heterocycles. The van der Waals surface area contributed by atoms with Crippen LogP contribution < -0.4 is 4.74 Å². The molecule has 0 unspecified atom stereocenters. The van der Waals surface area contributed by atoms with Crippen LogP contribution in [0, 0.1) is 0 Å².